The average molecular weight is 439 g/mol. The lowest BCUT2D eigenvalue weighted by Gasteiger charge is -2.19. The van der Waals surface area contributed by atoms with Crippen molar-refractivity contribution in [3.05, 3.63) is 28.0 Å². The van der Waals surface area contributed by atoms with Crippen LogP contribution in [0, 0.1) is 0 Å². The minimum atomic E-state index is -0.314. The molecule has 1 saturated carbocycles. The second kappa shape index (κ2) is 7.48. The number of ether oxygens (including phenoxy) is 2. The van der Waals surface area contributed by atoms with Crippen molar-refractivity contribution in [1.29, 1.82) is 0 Å². The summed E-state index contributed by atoms with van der Waals surface area (Å²) in [6, 6.07) is 3.94. The number of halogens is 1. The Hall–Kier alpha value is -1.74. The number of rotatable bonds is 7. The molecule has 138 valence electrons. The number of nitrogens with two attached hydrogens (primary N) is 1. The van der Waals surface area contributed by atoms with Crippen LogP contribution < -0.4 is 15.2 Å². The Kier molecular flexibility index (Phi) is 5.08. The van der Waals surface area contributed by atoms with Crippen molar-refractivity contribution in [3.8, 4) is 11.5 Å². The Morgan fingerprint density at radius 3 is 2.69 bits per heavy atom. The summed E-state index contributed by atoms with van der Waals surface area (Å²) in [5.41, 5.74) is 6.41. The van der Waals surface area contributed by atoms with Crippen LogP contribution in [-0.2, 0) is 17.1 Å². The van der Waals surface area contributed by atoms with Gasteiger partial charge in [0.25, 0.3) is 0 Å². The number of carbonyl (C=O) groups is 1. The third-order valence-electron chi connectivity index (χ3n) is 4.34. The van der Waals surface area contributed by atoms with Crippen LogP contribution >= 0.6 is 27.7 Å². The summed E-state index contributed by atoms with van der Waals surface area (Å²) >= 11 is 5.20. The molecule has 0 spiro atoms. The van der Waals surface area contributed by atoms with Crippen LogP contribution in [0.4, 0.5) is 0 Å². The average Bonchev–Trinajstić information content (AvgIpc) is 3.39. The monoisotopic (exact) mass is 438 g/mol. The van der Waals surface area contributed by atoms with E-state index >= 15 is 0 Å². The number of primary amides is 1. The summed E-state index contributed by atoms with van der Waals surface area (Å²) in [4.78, 5) is 11.2. The second-order valence-corrected chi connectivity index (χ2v) is 8.16. The van der Waals surface area contributed by atoms with Gasteiger partial charge in [0, 0.05) is 29.1 Å². The Morgan fingerprint density at radius 2 is 2.00 bits per heavy atom. The first-order valence-electron chi connectivity index (χ1n) is 8.54. The summed E-state index contributed by atoms with van der Waals surface area (Å²) in [7, 11) is 0. The first kappa shape index (κ1) is 17.7. The predicted octanol–water partition coefficient (Wildman–Crippen LogP) is 2.86. The van der Waals surface area contributed by atoms with Crippen LogP contribution in [0.25, 0.3) is 0 Å². The maximum Gasteiger partial charge on any atom is 0.219 e. The van der Waals surface area contributed by atoms with E-state index in [0.29, 0.717) is 37.9 Å². The van der Waals surface area contributed by atoms with E-state index in [1.54, 1.807) is 11.8 Å². The molecule has 0 saturated heterocycles. The third kappa shape index (κ3) is 3.83. The normalized spacial score (nSPS) is 15.9. The van der Waals surface area contributed by atoms with Crippen molar-refractivity contribution in [2.75, 3.05) is 13.2 Å². The van der Waals surface area contributed by atoms with Crippen molar-refractivity contribution in [2.45, 2.75) is 42.6 Å². The zero-order chi connectivity index (χ0) is 18.1. The molecule has 1 aromatic heterocycles. The summed E-state index contributed by atoms with van der Waals surface area (Å²) in [5.74, 6) is 3.35. The maximum atomic E-state index is 11.2. The van der Waals surface area contributed by atoms with E-state index in [0.717, 1.165) is 45.4 Å². The number of benzene rings is 1. The van der Waals surface area contributed by atoms with Crippen LogP contribution in [0.1, 0.15) is 36.6 Å². The van der Waals surface area contributed by atoms with E-state index in [4.69, 9.17) is 15.2 Å². The number of nitrogens with zero attached hydrogens (tertiary/aromatic N) is 3. The highest BCUT2D eigenvalue weighted by Gasteiger charge is 2.30. The Bertz CT molecular complexity index is 838. The fourth-order valence-corrected chi connectivity index (χ4v) is 4.45. The molecule has 1 aliphatic heterocycles. The van der Waals surface area contributed by atoms with E-state index in [1.807, 2.05) is 16.7 Å². The van der Waals surface area contributed by atoms with Gasteiger partial charge >= 0.3 is 0 Å². The number of fused-ring (bicyclic) bond motifs is 1. The molecule has 1 amide bonds. The number of thioether (sulfide) groups is 1. The summed E-state index contributed by atoms with van der Waals surface area (Å²) in [5, 5.41) is 9.50. The lowest BCUT2D eigenvalue weighted by atomic mass is 10.2. The van der Waals surface area contributed by atoms with Gasteiger partial charge in [-0.25, -0.2) is 0 Å². The number of hydrogen-bond acceptors (Lipinski definition) is 6. The highest BCUT2D eigenvalue weighted by molar-refractivity contribution is 9.10. The quantitative estimate of drug-likeness (QED) is 0.668. The van der Waals surface area contributed by atoms with Gasteiger partial charge in [0.1, 0.15) is 19.0 Å². The van der Waals surface area contributed by atoms with Crippen molar-refractivity contribution in [2.24, 2.45) is 5.73 Å². The molecular formula is C17H19BrN4O3S. The SMILES string of the molecule is NC(=O)CCn1c(SCc2cc3c(cc2Br)OCCO3)nnc1C1CC1. The Balaban J connectivity index is 1.51. The largest absolute Gasteiger partial charge is 0.486 e. The molecule has 0 unspecified atom stereocenters. The third-order valence-corrected chi connectivity index (χ3v) is 6.09. The molecule has 0 radical (unpaired) electrons. The van der Waals surface area contributed by atoms with Crippen molar-refractivity contribution in [1.82, 2.24) is 14.8 Å². The Morgan fingerprint density at radius 1 is 1.27 bits per heavy atom. The van der Waals surface area contributed by atoms with Gasteiger partial charge in [-0.05, 0) is 30.5 Å². The molecule has 7 nitrogen and oxygen atoms in total. The molecular weight excluding hydrogens is 420 g/mol. The highest BCUT2D eigenvalue weighted by atomic mass is 79.9. The molecule has 2 N–H and O–H groups in total. The molecule has 1 aromatic carbocycles. The minimum Gasteiger partial charge on any atom is -0.486 e. The van der Waals surface area contributed by atoms with Gasteiger partial charge in [0.2, 0.25) is 5.91 Å². The molecule has 4 rings (SSSR count). The molecule has 9 heteroatoms. The zero-order valence-electron chi connectivity index (χ0n) is 14.1. The van der Waals surface area contributed by atoms with Crippen molar-refractivity contribution in [3.63, 3.8) is 0 Å². The topological polar surface area (TPSA) is 92.3 Å². The summed E-state index contributed by atoms with van der Waals surface area (Å²) < 4.78 is 14.3. The van der Waals surface area contributed by atoms with Gasteiger partial charge in [-0.15, -0.1) is 10.2 Å². The van der Waals surface area contributed by atoms with Gasteiger partial charge < -0.3 is 19.8 Å². The summed E-state index contributed by atoms with van der Waals surface area (Å²) in [6.45, 7) is 1.66. The number of aromatic nitrogens is 3. The van der Waals surface area contributed by atoms with Gasteiger partial charge in [-0.3, -0.25) is 4.79 Å². The highest BCUT2D eigenvalue weighted by Crippen LogP contribution is 2.41. The van der Waals surface area contributed by atoms with Crippen molar-refractivity contribution >= 4 is 33.6 Å². The number of hydrogen-bond donors (Lipinski definition) is 1. The van der Waals surface area contributed by atoms with Gasteiger partial charge in [0.15, 0.2) is 16.7 Å². The Labute approximate surface area is 163 Å². The lowest BCUT2D eigenvalue weighted by Crippen LogP contribution is -2.16. The van der Waals surface area contributed by atoms with Crippen LogP contribution in [0.15, 0.2) is 21.8 Å². The van der Waals surface area contributed by atoms with Crippen LogP contribution in [-0.4, -0.2) is 33.9 Å². The predicted molar refractivity (Wildman–Crippen MR) is 101 cm³/mol. The van der Waals surface area contributed by atoms with Gasteiger partial charge in [0.05, 0.1) is 0 Å². The van der Waals surface area contributed by atoms with E-state index in [2.05, 4.69) is 26.1 Å². The second-order valence-electron chi connectivity index (χ2n) is 6.36. The molecule has 2 aromatic rings. The number of amides is 1. The molecule has 1 aliphatic carbocycles. The van der Waals surface area contributed by atoms with Gasteiger partial charge in [-0.2, -0.15) is 0 Å². The zero-order valence-corrected chi connectivity index (χ0v) is 16.5. The van der Waals surface area contributed by atoms with E-state index in [1.165, 1.54) is 0 Å². The fraction of sp³-hybridized carbons (Fsp3) is 0.471. The van der Waals surface area contributed by atoms with E-state index < -0.39 is 0 Å². The maximum absolute atomic E-state index is 11.2. The van der Waals surface area contributed by atoms with Crippen LogP contribution in [0.5, 0.6) is 11.5 Å². The first-order valence-corrected chi connectivity index (χ1v) is 10.3. The van der Waals surface area contributed by atoms with E-state index in [-0.39, 0.29) is 5.91 Å². The summed E-state index contributed by atoms with van der Waals surface area (Å²) in [6.07, 6.45) is 2.55. The van der Waals surface area contributed by atoms with Crippen molar-refractivity contribution < 1.29 is 14.3 Å². The van der Waals surface area contributed by atoms with Crippen LogP contribution in [0.2, 0.25) is 0 Å². The first-order chi connectivity index (χ1) is 12.6. The standard InChI is InChI=1S/C17H19BrN4O3S/c18-12-8-14-13(24-5-6-25-14)7-11(12)9-26-17-21-20-16(10-1-2-10)22(17)4-3-15(19)23/h7-8,10H,1-6,9H2,(H2,19,23). The fourth-order valence-electron chi connectivity index (χ4n) is 2.84. The minimum absolute atomic E-state index is 0.291. The van der Waals surface area contributed by atoms with Crippen LogP contribution in [0.3, 0.4) is 0 Å². The smallest absolute Gasteiger partial charge is 0.219 e. The van der Waals surface area contributed by atoms with E-state index in [9.17, 15) is 4.79 Å². The molecule has 26 heavy (non-hydrogen) atoms. The molecule has 2 aliphatic rings. The molecule has 2 heterocycles. The molecule has 0 atom stereocenters. The molecule has 0 bridgehead atoms. The lowest BCUT2D eigenvalue weighted by molar-refractivity contribution is -0.118. The number of carbonyl (C=O) groups excluding carboxylic acids is 1. The molecule has 1 fully saturated rings. The van der Waals surface area contributed by atoms with Gasteiger partial charge in [-0.1, -0.05) is 27.7 Å².